The fourth-order valence-electron chi connectivity index (χ4n) is 2.21. The zero-order chi connectivity index (χ0) is 13.8. The van der Waals surface area contributed by atoms with Crippen molar-refractivity contribution >= 4 is 17.6 Å². The van der Waals surface area contributed by atoms with E-state index in [4.69, 9.17) is 0 Å². The Bertz CT molecular complexity index is 443. The molecule has 1 unspecified atom stereocenters. The zero-order valence-electron chi connectivity index (χ0n) is 11.2. The summed E-state index contributed by atoms with van der Waals surface area (Å²) in [7, 11) is 3.44. The van der Waals surface area contributed by atoms with E-state index in [1.165, 1.54) is 4.90 Å². The van der Waals surface area contributed by atoms with E-state index in [9.17, 15) is 9.59 Å². The highest BCUT2D eigenvalue weighted by molar-refractivity contribution is 5.92. The lowest BCUT2D eigenvalue weighted by molar-refractivity contribution is -0.121. The first kappa shape index (κ1) is 13.4. The molecule has 7 heteroatoms. The summed E-state index contributed by atoms with van der Waals surface area (Å²) in [6.45, 7) is 1.19. The van der Waals surface area contributed by atoms with E-state index < -0.39 is 0 Å². The first-order chi connectivity index (χ1) is 9.08. The Morgan fingerprint density at radius 1 is 1.53 bits per heavy atom. The molecule has 1 fully saturated rings. The highest BCUT2D eigenvalue weighted by atomic mass is 16.2. The fraction of sp³-hybridized carbons (Fsp3) is 0.583. The molecule has 7 nitrogen and oxygen atoms in total. The van der Waals surface area contributed by atoms with Crippen LogP contribution < -0.4 is 5.32 Å². The zero-order valence-corrected chi connectivity index (χ0v) is 11.2. The molecule has 0 spiro atoms. The van der Waals surface area contributed by atoms with Gasteiger partial charge in [-0.15, -0.1) is 0 Å². The predicted molar refractivity (Wildman–Crippen MR) is 70.6 cm³/mol. The molecule has 2 rings (SSSR count). The first-order valence-corrected chi connectivity index (χ1v) is 6.34. The van der Waals surface area contributed by atoms with Crippen LogP contribution in [0.4, 0.5) is 10.5 Å². The number of carbonyl (C=O) groups excluding carboxylic acids is 2. The molecule has 1 aromatic rings. The van der Waals surface area contributed by atoms with Gasteiger partial charge in [-0.3, -0.25) is 9.89 Å². The van der Waals surface area contributed by atoms with E-state index in [-0.39, 0.29) is 17.9 Å². The molecule has 3 amide bonds. The number of H-pyrrole nitrogens is 1. The maximum Gasteiger partial charge on any atom is 0.319 e. The van der Waals surface area contributed by atoms with Crippen molar-refractivity contribution in [2.45, 2.75) is 12.8 Å². The van der Waals surface area contributed by atoms with Crippen molar-refractivity contribution in [1.82, 2.24) is 20.0 Å². The lowest BCUT2D eigenvalue weighted by Gasteiger charge is -2.33. The van der Waals surface area contributed by atoms with Crippen molar-refractivity contribution in [2.75, 3.05) is 32.5 Å². The summed E-state index contributed by atoms with van der Waals surface area (Å²) in [5.41, 5.74) is 0.654. The summed E-state index contributed by atoms with van der Waals surface area (Å²) in [5, 5.41) is 9.22. The smallest absolute Gasteiger partial charge is 0.319 e. The van der Waals surface area contributed by atoms with E-state index in [2.05, 4.69) is 15.5 Å². The minimum atomic E-state index is -0.160. The SMILES string of the molecule is CN(C)C(=O)N1CCCC(C(=O)Nc2cn[nH]c2)C1. The second-order valence-corrected chi connectivity index (χ2v) is 4.94. The number of amides is 3. The number of piperidine rings is 1. The maximum absolute atomic E-state index is 12.1. The normalized spacial score (nSPS) is 19.1. The maximum atomic E-state index is 12.1. The number of nitrogens with zero attached hydrogens (tertiary/aromatic N) is 3. The third-order valence-electron chi connectivity index (χ3n) is 3.21. The number of aromatic amines is 1. The minimum Gasteiger partial charge on any atom is -0.331 e. The standard InChI is InChI=1S/C12H19N5O2/c1-16(2)12(19)17-5-3-4-9(8-17)11(18)15-10-6-13-14-7-10/h6-7,9H,3-5,8H2,1-2H3,(H,13,14)(H,15,18). The Hall–Kier alpha value is -2.05. The van der Waals surface area contributed by atoms with E-state index in [1.807, 2.05) is 0 Å². The van der Waals surface area contributed by atoms with Gasteiger partial charge >= 0.3 is 6.03 Å². The summed E-state index contributed by atoms with van der Waals surface area (Å²) in [6, 6.07) is -0.0409. The van der Waals surface area contributed by atoms with Crippen molar-refractivity contribution < 1.29 is 9.59 Å². The second-order valence-electron chi connectivity index (χ2n) is 4.94. The number of hydrogen-bond acceptors (Lipinski definition) is 3. The fourth-order valence-corrected chi connectivity index (χ4v) is 2.21. The van der Waals surface area contributed by atoms with Crippen LogP contribution in [0.15, 0.2) is 12.4 Å². The highest BCUT2D eigenvalue weighted by Crippen LogP contribution is 2.19. The molecule has 104 valence electrons. The van der Waals surface area contributed by atoms with Crippen LogP contribution in [-0.4, -0.2) is 59.1 Å². The molecule has 1 aliphatic heterocycles. The molecule has 0 radical (unpaired) electrons. The Labute approximate surface area is 111 Å². The van der Waals surface area contributed by atoms with Gasteiger partial charge in [-0.1, -0.05) is 0 Å². The quantitative estimate of drug-likeness (QED) is 0.827. The van der Waals surface area contributed by atoms with Crippen LogP contribution >= 0.6 is 0 Å². The molecular formula is C12H19N5O2. The summed E-state index contributed by atoms with van der Waals surface area (Å²) in [6.07, 6.45) is 4.84. The Morgan fingerprint density at radius 3 is 2.95 bits per heavy atom. The molecule has 0 bridgehead atoms. The lowest BCUT2D eigenvalue weighted by atomic mass is 9.97. The van der Waals surface area contributed by atoms with Crippen molar-refractivity contribution in [3.05, 3.63) is 12.4 Å². The Kier molecular flexibility index (Phi) is 4.03. The largest absolute Gasteiger partial charge is 0.331 e. The molecule has 2 N–H and O–H groups in total. The van der Waals surface area contributed by atoms with Gasteiger partial charge in [0.05, 0.1) is 17.8 Å². The summed E-state index contributed by atoms with van der Waals surface area (Å²) in [5.74, 6) is -0.217. The molecule has 1 saturated heterocycles. The third kappa shape index (κ3) is 3.24. The Morgan fingerprint density at radius 2 is 2.32 bits per heavy atom. The molecule has 1 aromatic heterocycles. The molecular weight excluding hydrogens is 246 g/mol. The van der Waals surface area contributed by atoms with Crippen LogP contribution in [0.3, 0.4) is 0 Å². The second kappa shape index (κ2) is 5.73. The summed E-state index contributed by atoms with van der Waals surface area (Å²) in [4.78, 5) is 27.3. The lowest BCUT2D eigenvalue weighted by Crippen LogP contribution is -2.47. The van der Waals surface area contributed by atoms with Gasteiger partial charge in [0.1, 0.15) is 0 Å². The number of carbonyl (C=O) groups is 2. The molecule has 0 saturated carbocycles. The van der Waals surface area contributed by atoms with Crippen LogP contribution in [0.25, 0.3) is 0 Å². The van der Waals surface area contributed by atoms with Gasteiger partial charge in [-0.05, 0) is 12.8 Å². The van der Waals surface area contributed by atoms with E-state index in [1.54, 1.807) is 31.4 Å². The third-order valence-corrected chi connectivity index (χ3v) is 3.21. The predicted octanol–water partition coefficient (Wildman–Crippen LogP) is 0.742. The van der Waals surface area contributed by atoms with Gasteiger partial charge in [-0.25, -0.2) is 4.79 Å². The molecule has 0 aliphatic carbocycles. The molecule has 2 heterocycles. The van der Waals surface area contributed by atoms with Crippen LogP contribution in [0.5, 0.6) is 0 Å². The van der Waals surface area contributed by atoms with E-state index >= 15 is 0 Å². The highest BCUT2D eigenvalue weighted by Gasteiger charge is 2.29. The van der Waals surface area contributed by atoms with Crippen LogP contribution in [0.1, 0.15) is 12.8 Å². The molecule has 1 atom stereocenters. The van der Waals surface area contributed by atoms with Crippen molar-refractivity contribution in [1.29, 1.82) is 0 Å². The number of likely N-dealkylation sites (tertiary alicyclic amines) is 1. The van der Waals surface area contributed by atoms with Gasteiger partial charge in [0, 0.05) is 33.4 Å². The van der Waals surface area contributed by atoms with Gasteiger partial charge in [0.25, 0.3) is 0 Å². The Balaban J connectivity index is 1.93. The van der Waals surface area contributed by atoms with Crippen LogP contribution in [0, 0.1) is 5.92 Å². The van der Waals surface area contributed by atoms with Crippen LogP contribution in [-0.2, 0) is 4.79 Å². The van der Waals surface area contributed by atoms with Crippen molar-refractivity contribution in [2.24, 2.45) is 5.92 Å². The van der Waals surface area contributed by atoms with Crippen molar-refractivity contribution in [3.8, 4) is 0 Å². The topological polar surface area (TPSA) is 81.3 Å². The van der Waals surface area contributed by atoms with Crippen LogP contribution in [0.2, 0.25) is 0 Å². The van der Waals surface area contributed by atoms with Gasteiger partial charge in [0.15, 0.2) is 0 Å². The number of nitrogens with one attached hydrogen (secondary N) is 2. The van der Waals surface area contributed by atoms with Crippen molar-refractivity contribution in [3.63, 3.8) is 0 Å². The molecule has 19 heavy (non-hydrogen) atoms. The minimum absolute atomic E-state index is 0.0409. The van der Waals surface area contributed by atoms with E-state index in [0.29, 0.717) is 18.8 Å². The van der Waals surface area contributed by atoms with Gasteiger partial charge < -0.3 is 15.1 Å². The van der Waals surface area contributed by atoms with Gasteiger partial charge in [-0.2, -0.15) is 5.10 Å². The van der Waals surface area contributed by atoms with Gasteiger partial charge in [0.2, 0.25) is 5.91 Å². The summed E-state index contributed by atoms with van der Waals surface area (Å²) < 4.78 is 0. The summed E-state index contributed by atoms with van der Waals surface area (Å²) >= 11 is 0. The number of aromatic nitrogens is 2. The number of rotatable bonds is 2. The average Bonchev–Trinajstić information content (AvgIpc) is 2.90. The molecule has 1 aliphatic rings. The van der Waals surface area contributed by atoms with E-state index in [0.717, 1.165) is 12.8 Å². The molecule has 0 aromatic carbocycles. The number of anilines is 1. The first-order valence-electron chi connectivity index (χ1n) is 6.34. The monoisotopic (exact) mass is 265 g/mol. The number of urea groups is 1. The average molecular weight is 265 g/mol. The number of hydrogen-bond donors (Lipinski definition) is 2.